The topological polar surface area (TPSA) is 64.7 Å². The van der Waals surface area contributed by atoms with Crippen molar-refractivity contribution in [3.05, 3.63) is 40.2 Å². The Labute approximate surface area is 122 Å². The van der Waals surface area contributed by atoms with Gasteiger partial charge in [0, 0.05) is 16.2 Å². The molecular weight excluding hydrogens is 304 g/mol. The molecular formula is C11H7ClN4OS2. The van der Waals surface area contributed by atoms with Gasteiger partial charge in [-0.25, -0.2) is 0 Å². The van der Waals surface area contributed by atoms with Crippen LogP contribution in [0.1, 0.15) is 5.56 Å². The van der Waals surface area contributed by atoms with Crippen LogP contribution in [0.4, 0.5) is 0 Å². The molecule has 0 aliphatic heterocycles. The maximum absolute atomic E-state index is 5.83. The maximum atomic E-state index is 5.83. The predicted octanol–water partition coefficient (Wildman–Crippen LogP) is 3.53. The van der Waals surface area contributed by atoms with Crippen LogP contribution < -0.4 is 0 Å². The Kier molecular flexibility index (Phi) is 3.77. The zero-order valence-corrected chi connectivity index (χ0v) is 11.9. The zero-order chi connectivity index (χ0) is 13.1. The lowest BCUT2D eigenvalue weighted by atomic mass is 10.2. The number of halogens is 1. The van der Waals surface area contributed by atoms with Crippen molar-refractivity contribution in [3.63, 3.8) is 0 Å². The molecule has 0 radical (unpaired) electrons. The van der Waals surface area contributed by atoms with Gasteiger partial charge >= 0.3 is 0 Å². The lowest BCUT2D eigenvalue weighted by Gasteiger charge is -1.97. The summed E-state index contributed by atoms with van der Waals surface area (Å²) in [5, 5.41) is 14.8. The Hall–Kier alpha value is -1.44. The standard InChI is InChI=1S/C11H7ClN4OS2/c12-8-3-1-7(2-4-8)5-18-11-15-14-10(17-11)9-6-19-16-13-9/h1-4,6H,5H2. The van der Waals surface area contributed by atoms with Crippen molar-refractivity contribution in [2.45, 2.75) is 11.0 Å². The van der Waals surface area contributed by atoms with Crippen LogP contribution in [-0.2, 0) is 5.75 Å². The van der Waals surface area contributed by atoms with Crippen molar-refractivity contribution in [2.75, 3.05) is 0 Å². The third kappa shape index (κ3) is 3.12. The van der Waals surface area contributed by atoms with Crippen LogP contribution in [0.3, 0.4) is 0 Å². The summed E-state index contributed by atoms with van der Waals surface area (Å²) < 4.78 is 9.25. The molecule has 0 amide bonds. The molecule has 2 heterocycles. The van der Waals surface area contributed by atoms with Crippen LogP contribution in [0, 0.1) is 0 Å². The van der Waals surface area contributed by atoms with Gasteiger partial charge in [-0.1, -0.05) is 40.0 Å². The monoisotopic (exact) mass is 310 g/mol. The Bertz CT molecular complexity index is 654. The largest absolute Gasteiger partial charge is 0.409 e. The first-order valence-corrected chi connectivity index (χ1v) is 7.49. The Morgan fingerprint density at radius 1 is 1.16 bits per heavy atom. The van der Waals surface area contributed by atoms with E-state index in [-0.39, 0.29) is 0 Å². The quantitative estimate of drug-likeness (QED) is 0.687. The summed E-state index contributed by atoms with van der Waals surface area (Å²) in [6.07, 6.45) is 0. The number of nitrogens with zero attached hydrogens (tertiary/aromatic N) is 4. The average Bonchev–Trinajstić information content (AvgIpc) is 3.09. The van der Waals surface area contributed by atoms with Gasteiger partial charge in [-0.3, -0.25) is 0 Å². The summed E-state index contributed by atoms with van der Waals surface area (Å²) in [6, 6.07) is 7.66. The van der Waals surface area contributed by atoms with Crippen molar-refractivity contribution >= 4 is 34.9 Å². The van der Waals surface area contributed by atoms with E-state index in [2.05, 4.69) is 19.8 Å². The molecule has 19 heavy (non-hydrogen) atoms. The van der Waals surface area contributed by atoms with Crippen molar-refractivity contribution in [1.82, 2.24) is 19.8 Å². The summed E-state index contributed by atoms with van der Waals surface area (Å²) >= 11 is 8.55. The third-order valence-electron chi connectivity index (χ3n) is 2.26. The van der Waals surface area contributed by atoms with Crippen LogP contribution in [0.5, 0.6) is 0 Å². The highest BCUT2D eigenvalue weighted by Gasteiger charge is 2.11. The van der Waals surface area contributed by atoms with Crippen LogP contribution in [0.25, 0.3) is 11.6 Å². The fourth-order valence-corrected chi connectivity index (χ4v) is 2.63. The second kappa shape index (κ2) is 5.68. The van der Waals surface area contributed by atoms with E-state index < -0.39 is 0 Å². The Balaban J connectivity index is 1.66. The molecule has 3 rings (SSSR count). The normalized spacial score (nSPS) is 10.8. The van der Waals surface area contributed by atoms with Gasteiger partial charge in [-0.05, 0) is 29.2 Å². The third-order valence-corrected chi connectivity index (χ3v) is 3.91. The minimum atomic E-state index is 0.396. The molecule has 0 spiro atoms. The van der Waals surface area contributed by atoms with E-state index in [0.717, 1.165) is 16.3 Å². The summed E-state index contributed by atoms with van der Waals surface area (Å²) in [4.78, 5) is 0. The lowest BCUT2D eigenvalue weighted by Crippen LogP contribution is -1.79. The van der Waals surface area contributed by atoms with Gasteiger partial charge in [0.1, 0.15) is 0 Å². The van der Waals surface area contributed by atoms with E-state index >= 15 is 0 Å². The highest BCUT2D eigenvalue weighted by Crippen LogP contribution is 2.25. The molecule has 5 nitrogen and oxygen atoms in total. The van der Waals surface area contributed by atoms with Crippen LogP contribution in [-0.4, -0.2) is 19.8 Å². The highest BCUT2D eigenvalue weighted by molar-refractivity contribution is 7.98. The molecule has 0 fully saturated rings. The molecule has 0 aliphatic rings. The predicted molar refractivity (Wildman–Crippen MR) is 74.2 cm³/mol. The van der Waals surface area contributed by atoms with Crippen LogP contribution >= 0.6 is 34.9 Å². The van der Waals surface area contributed by atoms with E-state index in [4.69, 9.17) is 16.0 Å². The molecule has 0 atom stereocenters. The van der Waals surface area contributed by atoms with Crippen molar-refractivity contribution < 1.29 is 4.42 Å². The lowest BCUT2D eigenvalue weighted by molar-refractivity contribution is 0.464. The van der Waals surface area contributed by atoms with Gasteiger partial charge < -0.3 is 4.42 Å². The number of hydrogen-bond donors (Lipinski definition) is 0. The summed E-state index contributed by atoms with van der Waals surface area (Å²) in [7, 11) is 0. The first-order chi connectivity index (χ1) is 9.31. The molecule has 2 aromatic heterocycles. The summed E-state index contributed by atoms with van der Waals surface area (Å²) in [5.74, 6) is 1.14. The summed E-state index contributed by atoms with van der Waals surface area (Å²) in [5.41, 5.74) is 1.75. The van der Waals surface area contributed by atoms with E-state index in [1.165, 1.54) is 23.3 Å². The molecule has 0 aliphatic carbocycles. The smallest absolute Gasteiger partial charge is 0.277 e. The number of rotatable bonds is 4. The zero-order valence-electron chi connectivity index (χ0n) is 9.49. The highest BCUT2D eigenvalue weighted by atomic mass is 35.5. The molecule has 8 heteroatoms. The summed E-state index contributed by atoms with van der Waals surface area (Å²) in [6.45, 7) is 0. The average molecular weight is 311 g/mol. The van der Waals surface area contributed by atoms with E-state index in [9.17, 15) is 0 Å². The van der Waals surface area contributed by atoms with Crippen LogP contribution in [0.2, 0.25) is 5.02 Å². The van der Waals surface area contributed by atoms with Gasteiger partial charge in [-0.15, -0.1) is 15.3 Å². The number of aromatic nitrogens is 4. The molecule has 0 unspecified atom stereocenters. The first-order valence-electron chi connectivity index (χ1n) is 5.29. The molecule has 96 valence electrons. The number of benzene rings is 1. The van der Waals surface area contributed by atoms with Crippen molar-refractivity contribution in [3.8, 4) is 11.6 Å². The second-order valence-electron chi connectivity index (χ2n) is 3.58. The fourth-order valence-electron chi connectivity index (χ4n) is 1.36. The van der Waals surface area contributed by atoms with Gasteiger partial charge in [0.2, 0.25) is 0 Å². The Morgan fingerprint density at radius 2 is 2.00 bits per heavy atom. The SMILES string of the molecule is Clc1ccc(CSc2nnc(-c3csnn3)o2)cc1. The maximum Gasteiger partial charge on any atom is 0.277 e. The number of hydrogen-bond acceptors (Lipinski definition) is 7. The second-order valence-corrected chi connectivity index (χ2v) is 5.55. The van der Waals surface area contributed by atoms with E-state index in [1.807, 2.05) is 24.3 Å². The van der Waals surface area contributed by atoms with Gasteiger partial charge in [-0.2, -0.15) is 0 Å². The van der Waals surface area contributed by atoms with E-state index in [0.29, 0.717) is 16.8 Å². The minimum absolute atomic E-state index is 0.396. The fraction of sp³-hybridized carbons (Fsp3) is 0.0909. The first kappa shape index (κ1) is 12.6. The molecule has 0 saturated carbocycles. The number of thioether (sulfide) groups is 1. The molecule has 0 N–H and O–H groups in total. The van der Waals surface area contributed by atoms with E-state index in [1.54, 1.807) is 5.38 Å². The van der Waals surface area contributed by atoms with Crippen molar-refractivity contribution in [1.29, 1.82) is 0 Å². The van der Waals surface area contributed by atoms with Crippen LogP contribution in [0.15, 0.2) is 39.3 Å². The van der Waals surface area contributed by atoms with Gasteiger partial charge in [0.15, 0.2) is 5.69 Å². The van der Waals surface area contributed by atoms with Gasteiger partial charge in [0.25, 0.3) is 11.1 Å². The molecule has 0 saturated heterocycles. The minimum Gasteiger partial charge on any atom is -0.409 e. The van der Waals surface area contributed by atoms with Gasteiger partial charge in [0.05, 0.1) is 0 Å². The molecule has 1 aromatic carbocycles. The molecule has 0 bridgehead atoms. The Morgan fingerprint density at radius 3 is 2.74 bits per heavy atom. The van der Waals surface area contributed by atoms with Crippen molar-refractivity contribution in [2.24, 2.45) is 0 Å². The molecule has 3 aromatic rings.